The van der Waals surface area contributed by atoms with Crippen LogP contribution in [0.5, 0.6) is 0 Å². The van der Waals surface area contributed by atoms with Crippen LogP contribution in [0, 0.1) is 6.92 Å². The minimum atomic E-state index is -0.672. The van der Waals surface area contributed by atoms with Crippen LogP contribution in [0.1, 0.15) is 15.4 Å². The predicted molar refractivity (Wildman–Crippen MR) is 95.2 cm³/mol. The minimum Gasteiger partial charge on any atom is -0.422 e. The van der Waals surface area contributed by atoms with Crippen molar-refractivity contribution < 1.29 is 9.21 Å². The number of nitrogens with zero attached hydrogens (tertiary/aromatic N) is 2. The van der Waals surface area contributed by atoms with Crippen LogP contribution in [0.2, 0.25) is 5.02 Å². The third kappa shape index (κ3) is 3.95. The van der Waals surface area contributed by atoms with E-state index in [1.807, 2.05) is 6.92 Å². The molecular weight excluding hydrogens is 370 g/mol. The van der Waals surface area contributed by atoms with Gasteiger partial charge in [0.15, 0.2) is 4.34 Å². The van der Waals surface area contributed by atoms with E-state index in [1.165, 1.54) is 29.2 Å². The van der Waals surface area contributed by atoms with E-state index in [-0.39, 0.29) is 5.56 Å². The Kier molecular flexibility index (Phi) is 5.17. The smallest absolute Gasteiger partial charge is 0.349 e. The van der Waals surface area contributed by atoms with Crippen LogP contribution >= 0.6 is 34.7 Å². The van der Waals surface area contributed by atoms with Crippen LogP contribution in [0.25, 0.3) is 11.0 Å². The van der Waals surface area contributed by atoms with Crippen molar-refractivity contribution in [3.8, 4) is 0 Å². The maximum absolute atomic E-state index is 12.2. The topological polar surface area (TPSA) is 85.1 Å². The van der Waals surface area contributed by atoms with Gasteiger partial charge in [-0.1, -0.05) is 34.7 Å². The first-order valence-corrected chi connectivity index (χ1v) is 9.15. The molecule has 0 aliphatic rings. The lowest BCUT2D eigenvalue weighted by atomic mass is 10.2. The largest absolute Gasteiger partial charge is 0.422 e. The molecular formula is C15H12ClN3O3S2. The molecule has 1 aromatic carbocycles. The molecule has 24 heavy (non-hydrogen) atoms. The van der Waals surface area contributed by atoms with E-state index >= 15 is 0 Å². The van der Waals surface area contributed by atoms with Crippen molar-refractivity contribution in [1.82, 2.24) is 15.5 Å². The number of benzene rings is 1. The number of aromatic nitrogens is 2. The number of fused-ring (bicyclic) bond motifs is 1. The molecule has 124 valence electrons. The summed E-state index contributed by atoms with van der Waals surface area (Å²) < 4.78 is 6.00. The molecule has 0 saturated carbocycles. The normalized spacial score (nSPS) is 10.9. The van der Waals surface area contributed by atoms with Crippen LogP contribution < -0.4 is 10.9 Å². The van der Waals surface area contributed by atoms with Gasteiger partial charge in [0.1, 0.15) is 16.2 Å². The SMILES string of the molecule is Cc1nnc(SCCNC(=O)c2cc3cc(Cl)ccc3oc2=O)s1. The summed E-state index contributed by atoms with van der Waals surface area (Å²) in [5.41, 5.74) is -0.320. The molecule has 3 rings (SSSR count). The molecule has 0 saturated heterocycles. The Morgan fingerprint density at radius 2 is 2.21 bits per heavy atom. The highest BCUT2D eigenvalue weighted by atomic mass is 35.5. The molecule has 1 N–H and O–H groups in total. The van der Waals surface area contributed by atoms with Gasteiger partial charge in [-0.25, -0.2) is 4.79 Å². The Hall–Kier alpha value is -1.90. The fourth-order valence-electron chi connectivity index (χ4n) is 1.99. The van der Waals surface area contributed by atoms with Gasteiger partial charge in [0.05, 0.1) is 0 Å². The van der Waals surface area contributed by atoms with Gasteiger partial charge in [0.25, 0.3) is 5.91 Å². The zero-order valence-corrected chi connectivity index (χ0v) is 14.9. The minimum absolute atomic E-state index is 0.0403. The molecule has 0 aliphatic heterocycles. The number of aryl methyl sites for hydroxylation is 1. The summed E-state index contributed by atoms with van der Waals surface area (Å²) in [6, 6.07) is 6.36. The molecule has 0 fully saturated rings. The number of amides is 1. The molecule has 0 spiro atoms. The van der Waals surface area contributed by atoms with Crippen molar-refractivity contribution in [2.24, 2.45) is 0 Å². The van der Waals surface area contributed by atoms with Gasteiger partial charge in [0, 0.05) is 22.7 Å². The van der Waals surface area contributed by atoms with Gasteiger partial charge in [-0.15, -0.1) is 10.2 Å². The maximum Gasteiger partial charge on any atom is 0.349 e. The highest BCUT2D eigenvalue weighted by Gasteiger charge is 2.13. The van der Waals surface area contributed by atoms with Gasteiger partial charge in [-0.2, -0.15) is 0 Å². The van der Waals surface area contributed by atoms with Gasteiger partial charge >= 0.3 is 5.63 Å². The van der Waals surface area contributed by atoms with Crippen LogP contribution in [0.3, 0.4) is 0 Å². The summed E-state index contributed by atoms with van der Waals surface area (Å²) in [6.07, 6.45) is 0. The maximum atomic E-state index is 12.2. The van der Waals surface area contributed by atoms with E-state index in [1.54, 1.807) is 18.2 Å². The first kappa shape index (κ1) is 16.9. The number of nitrogens with one attached hydrogen (secondary N) is 1. The average molecular weight is 382 g/mol. The molecule has 0 unspecified atom stereocenters. The van der Waals surface area contributed by atoms with Crippen molar-refractivity contribution in [3.05, 3.63) is 50.3 Å². The summed E-state index contributed by atoms with van der Waals surface area (Å²) in [6.45, 7) is 2.28. The van der Waals surface area contributed by atoms with Gasteiger partial charge in [-0.3, -0.25) is 4.79 Å². The Labute approximate surface area is 150 Å². The molecule has 0 atom stereocenters. The van der Waals surface area contributed by atoms with E-state index in [9.17, 15) is 9.59 Å². The second-order valence-electron chi connectivity index (χ2n) is 4.82. The number of hydrogen-bond acceptors (Lipinski definition) is 7. The summed E-state index contributed by atoms with van der Waals surface area (Å²) in [5.74, 6) is 0.158. The van der Waals surface area contributed by atoms with Crippen molar-refractivity contribution in [1.29, 1.82) is 0 Å². The summed E-state index contributed by atoms with van der Waals surface area (Å²) in [4.78, 5) is 24.1. The summed E-state index contributed by atoms with van der Waals surface area (Å²) in [7, 11) is 0. The standard InChI is InChI=1S/C15H12ClN3O3S2/c1-8-18-19-15(24-8)23-5-4-17-13(20)11-7-9-6-10(16)2-3-12(9)22-14(11)21/h2-3,6-7H,4-5H2,1H3,(H,17,20). The van der Waals surface area contributed by atoms with E-state index < -0.39 is 11.5 Å². The van der Waals surface area contributed by atoms with Crippen LogP contribution in [0.4, 0.5) is 0 Å². The number of rotatable bonds is 5. The number of carbonyl (C=O) groups is 1. The van der Waals surface area contributed by atoms with Crippen LogP contribution in [0.15, 0.2) is 37.8 Å². The molecule has 0 bridgehead atoms. The molecule has 0 radical (unpaired) electrons. The van der Waals surface area contributed by atoms with Crippen molar-refractivity contribution >= 4 is 51.6 Å². The Balaban J connectivity index is 1.65. The third-order valence-corrected chi connectivity index (χ3v) is 5.27. The molecule has 6 nitrogen and oxygen atoms in total. The molecule has 2 heterocycles. The van der Waals surface area contributed by atoms with E-state index in [0.29, 0.717) is 28.3 Å². The second kappa shape index (κ2) is 7.33. The fourth-order valence-corrected chi connectivity index (χ4v) is 3.91. The van der Waals surface area contributed by atoms with Gasteiger partial charge < -0.3 is 9.73 Å². The highest BCUT2D eigenvalue weighted by Crippen LogP contribution is 2.21. The average Bonchev–Trinajstić information content (AvgIpc) is 2.96. The Morgan fingerprint density at radius 3 is 2.96 bits per heavy atom. The number of hydrogen-bond donors (Lipinski definition) is 1. The highest BCUT2D eigenvalue weighted by molar-refractivity contribution is 8.01. The van der Waals surface area contributed by atoms with Crippen molar-refractivity contribution in [2.45, 2.75) is 11.3 Å². The lowest BCUT2D eigenvalue weighted by molar-refractivity contribution is 0.0952. The van der Waals surface area contributed by atoms with Gasteiger partial charge in [-0.05, 0) is 31.2 Å². The summed E-state index contributed by atoms with van der Waals surface area (Å²) in [5, 5.41) is 12.6. The monoisotopic (exact) mass is 381 g/mol. The van der Waals surface area contributed by atoms with Crippen molar-refractivity contribution in [2.75, 3.05) is 12.3 Å². The zero-order chi connectivity index (χ0) is 17.1. The predicted octanol–water partition coefficient (Wildman–Crippen LogP) is 3.13. The van der Waals surface area contributed by atoms with E-state index in [0.717, 1.165) is 9.35 Å². The number of thioether (sulfide) groups is 1. The first-order valence-electron chi connectivity index (χ1n) is 6.97. The lowest BCUT2D eigenvalue weighted by Crippen LogP contribution is -2.29. The fraction of sp³-hybridized carbons (Fsp3) is 0.200. The van der Waals surface area contributed by atoms with Crippen molar-refractivity contribution in [3.63, 3.8) is 0 Å². The van der Waals surface area contributed by atoms with Crippen LogP contribution in [-0.4, -0.2) is 28.4 Å². The molecule has 0 aliphatic carbocycles. The molecule has 9 heteroatoms. The quantitative estimate of drug-likeness (QED) is 0.415. The van der Waals surface area contributed by atoms with Gasteiger partial charge in [0.2, 0.25) is 0 Å². The molecule has 1 amide bonds. The van der Waals surface area contributed by atoms with E-state index in [2.05, 4.69) is 15.5 Å². The first-order chi connectivity index (χ1) is 11.5. The third-order valence-electron chi connectivity index (χ3n) is 3.06. The number of halogens is 1. The van der Waals surface area contributed by atoms with Crippen LogP contribution in [-0.2, 0) is 0 Å². The van der Waals surface area contributed by atoms with E-state index in [4.69, 9.17) is 16.0 Å². The number of carbonyl (C=O) groups excluding carboxylic acids is 1. The summed E-state index contributed by atoms with van der Waals surface area (Å²) >= 11 is 8.92. The molecule has 2 aromatic heterocycles. The lowest BCUT2D eigenvalue weighted by Gasteiger charge is -2.04. The molecule has 3 aromatic rings. The second-order valence-corrected chi connectivity index (χ2v) is 7.78. The Bertz CT molecular complexity index is 955. The zero-order valence-electron chi connectivity index (χ0n) is 12.5. The Morgan fingerprint density at radius 1 is 1.38 bits per heavy atom.